The number of nitrogens with zero attached hydrogens (tertiary/aromatic N) is 4. The molecule has 0 N–H and O–H groups in total. The van der Waals surface area contributed by atoms with Crippen molar-refractivity contribution < 1.29 is 8.83 Å². The number of hydrogen-bond acceptors (Lipinski definition) is 4. The van der Waals surface area contributed by atoms with Crippen molar-refractivity contribution in [3.63, 3.8) is 0 Å². The Balaban J connectivity index is 0.850. The average molecular weight is 873 g/mol. The van der Waals surface area contributed by atoms with E-state index in [1.165, 1.54) is 55.1 Å². The number of hydrogen-bond donors (Lipinski definition) is 0. The fourth-order valence-corrected chi connectivity index (χ4v) is 11.6. The van der Waals surface area contributed by atoms with Crippen LogP contribution in [0.5, 0.6) is 0 Å². The first kappa shape index (κ1) is 37.4. The number of furan rings is 2. The molecule has 0 atom stereocenters. The van der Waals surface area contributed by atoms with Crippen LogP contribution in [0, 0.1) is 0 Å². The van der Waals surface area contributed by atoms with Crippen LogP contribution in [0.1, 0.15) is 25.0 Å². The van der Waals surface area contributed by atoms with Gasteiger partial charge < -0.3 is 22.9 Å². The zero-order valence-electron chi connectivity index (χ0n) is 37.2. The molecule has 0 saturated heterocycles. The highest BCUT2D eigenvalue weighted by Gasteiger charge is 2.36. The topological polar surface area (TPSA) is 52.3 Å². The minimum absolute atomic E-state index is 0.127. The third-order valence-electron chi connectivity index (χ3n) is 14.7. The van der Waals surface area contributed by atoms with Crippen LogP contribution < -0.4 is 4.90 Å². The molecule has 0 unspecified atom stereocenters. The van der Waals surface area contributed by atoms with Gasteiger partial charge in [-0.15, -0.1) is 0 Å². The monoisotopic (exact) mass is 872 g/mol. The van der Waals surface area contributed by atoms with E-state index in [1.54, 1.807) is 0 Å². The first-order chi connectivity index (χ1) is 33.5. The summed E-state index contributed by atoms with van der Waals surface area (Å²) in [5.74, 6) is 0. The van der Waals surface area contributed by atoms with Crippen molar-refractivity contribution in [3.05, 3.63) is 218 Å². The van der Waals surface area contributed by atoms with Gasteiger partial charge in [-0.3, -0.25) is 0 Å². The van der Waals surface area contributed by atoms with Crippen molar-refractivity contribution >= 4 is 105 Å². The van der Waals surface area contributed by atoms with E-state index in [4.69, 9.17) is 13.8 Å². The summed E-state index contributed by atoms with van der Waals surface area (Å²) in [5.41, 5.74) is 18.1. The molecule has 0 fully saturated rings. The third-order valence-corrected chi connectivity index (χ3v) is 14.7. The summed E-state index contributed by atoms with van der Waals surface area (Å²) >= 11 is 0. The predicted molar refractivity (Wildman–Crippen MR) is 280 cm³/mol. The number of rotatable bonds is 4. The Morgan fingerprint density at radius 2 is 0.824 bits per heavy atom. The number of aromatic nitrogens is 3. The molecular formula is C62H40N4O2. The molecule has 6 heteroatoms. The van der Waals surface area contributed by atoms with Gasteiger partial charge in [0.2, 0.25) is 5.71 Å². The van der Waals surface area contributed by atoms with Crippen molar-refractivity contribution in [1.29, 1.82) is 0 Å². The Kier molecular flexibility index (Phi) is 7.47. The Labute approximate surface area is 390 Å². The normalized spacial score (nSPS) is 13.5. The van der Waals surface area contributed by atoms with Crippen molar-refractivity contribution in [3.8, 4) is 22.5 Å². The molecule has 14 aromatic rings. The van der Waals surface area contributed by atoms with Gasteiger partial charge in [0.05, 0.1) is 50.7 Å². The largest absolute Gasteiger partial charge is 0.456 e. The Morgan fingerprint density at radius 1 is 0.368 bits per heavy atom. The van der Waals surface area contributed by atoms with Gasteiger partial charge in [0, 0.05) is 54.5 Å². The lowest BCUT2D eigenvalue weighted by molar-refractivity contribution is 0.632. The zero-order valence-corrected chi connectivity index (χ0v) is 37.2. The second-order valence-corrected chi connectivity index (χ2v) is 18.8. The molecule has 5 aromatic heterocycles. The van der Waals surface area contributed by atoms with Gasteiger partial charge in [-0.2, -0.15) is 0 Å². The van der Waals surface area contributed by atoms with E-state index in [0.29, 0.717) is 5.71 Å². The van der Waals surface area contributed by atoms with Gasteiger partial charge in [-0.05, 0) is 119 Å². The van der Waals surface area contributed by atoms with Crippen LogP contribution in [-0.2, 0) is 5.41 Å². The summed E-state index contributed by atoms with van der Waals surface area (Å²) in [4.78, 5) is 7.36. The summed E-state index contributed by atoms with van der Waals surface area (Å²) in [6, 6.07) is 72.3. The lowest BCUT2D eigenvalue weighted by Crippen LogP contribution is -2.30. The Bertz CT molecular complexity index is 4340. The van der Waals surface area contributed by atoms with Crippen LogP contribution in [0.25, 0.3) is 110 Å². The molecule has 1 aliphatic rings. The van der Waals surface area contributed by atoms with Gasteiger partial charge in [0.15, 0.2) is 0 Å². The number of para-hydroxylation sites is 5. The predicted octanol–water partition coefficient (Wildman–Crippen LogP) is 16.9. The smallest absolute Gasteiger partial charge is 0.227 e. The molecule has 0 spiro atoms. The van der Waals surface area contributed by atoms with Crippen molar-refractivity contribution in [1.82, 2.24) is 14.1 Å². The fraction of sp³-hybridized carbons (Fsp3) is 0.0484. The lowest BCUT2D eigenvalue weighted by Gasteiger charge is -2.42. The molecule has 9 aromatic carbocycles. The standard InChI is InChI=1S/C62H40N4O2/c1-62(2)50-16-6-11-21-56(50)65(57-22-12-7-17-51(57)62)40-25-29-59-47(33-40)46-32-38(24-28-58(46)67-59)37-23-27-55-45(31-37)44-15-5-10-20-54(44)66(55)41-35-49-48-34-39(26-30-60(48)68-61(49)63-36-41)64-52-18-8-3-13-42(52)43-14-4-9-19-53(43)64/h3-36H,1-2H3. The van der Waals surface area contributed by atoms with Crippen molar-refractivity contribution in [2.45, 2.75) is 19.3 Å². The summed E-state index contributed by atoms with van der Waals surface area (Å²) in [6.07, 6.45) is 1.94. The summed E-state index contributed by atoms with van der Waals surface area (Å²) in [6.45, 7) is 4.65. The van der Waals surface area contributed by atoms with Crippen LogP contribution in [0.3, 0.4) is 0 Å². The second-order valence-electron chi connectivity index (χ2n) is 18.8. The molecule has 0 amide bonds. The fourth-order valence-electron chi connectivity index (χ4n) is 11.6. The first-order valence-electron chi connectivity index (χ1n) is 23.3. The highest BCUT2D eigenvalue weighted by Crippen LogP contribution is 2.52. The second kappa shape index (κ2) is 13.6. The van der Waals surface area contributed by atoms with Gasteiger partial charge in [0.25, 0.3) is 0 Å². The Hall–Kier alpha value is -8.87. The van der Waals surface area contributed by atoms with Crippen molar-refractivity contribution in [2.24, 2.45) is 0 Å². The molecule has 0 radical (unpaired) electrons. The van der Waals surface area contributed by atoms with Crippen LogP contribution in [-0.4, -0.2) is 14.1 Å². The molecule has 0 aliphatic carbocycles. The number of fused-ring (bicyclic) bond motifs is 14. The zero-order chi connectivity index (χ0) is 44.8. The molecule has 15 rings (SSSR count). The Morgan fingerprint density at radius 3 is 1.50 bits per heavy atom. The molecule has 0 saturated carbocycles. The van der Waals surface area contributed by atoms with E-state index in [0.717, 1.165) is 77.5 Å². The molecule has 6 nitrogen and oxygen atoms in total. The molecular weight excluding hydrogens is 833 g/mol. The number of benzene rings is 9. The number of anilines is 3. The maximum Gasteiger partial charge on any atom is 0.227 e. The maximum atomic E-state index is 6.51. The van der Waals surface area contributed by atoms with E-state index >= 15 is 0 Å². The van der Waals surface area contributed by atoms with Crippen LogP contribution in [0.4, 0.5) is 17.1 Å². The molecule has 68 heavy (non-hydrogen) atoms. The van der Waals surface area contributed by atoms with Crippen LogP contribution in [0.2, 0.25) is 0 Å². The van der Waals surface area contributed by atoms with E-state index in [-0.39, 0.29) is 5.41 Å². The highest BCUT2D eigenvalue weighted by molar-refractivity contribution is 6.13. The van der Waals surface area contributed by atoms with E-state index in [1.807, 2.05) is 6.20 Å². The summed E-state index contributed by atoms with van der Waals surface area (Å²) < 4.78 is 17.6. The number of pyridine rings is 1. The van der Waals surface area contributed by atoms with E-state index in [2.05, 4.69) is 228 Å². The summed E-state index contributed by atoms with van der Waals surface area (Å²) in [5, 5.41) is 9.01. The third kappa shape index (κ3) is 5.14. The minimum Gasteiger partial charge on any atom is -0.456 e. The summed E-state index contributed by atoms with van der Waals surface area (Å²) in [7, 11) is 0. The van der Waals surface area contributed by atoms with Gasteiger partial charge in [0.1, 0.15) is 16.7 Å². The SMILES string of the molecule is CC1(C)c2ccccc2N(c2ccc3oc4ccc(-c5ccc6c(c5)c5ccccc5n6-c5cnc6oc7ccc(-n8c9ccccc9c9ccccc98)cc7c6c5)cc4c3c2)c2ccccc21. The molecule has 320 valence electrons. The quantitative estimate of drug-likeness (QED) is 0.177. The van der Waals surface area contributed by atoms with Crippen molar-refractivity contribution in [2.75, 3.05) is 4.90 Å². The maximum absolute atomic E-state index is 6.51. The first-order valence-corrected chi connectivity index (χ1v) is 23.3. The van der Waals surface area contributed by atoms with Gasteiger partial charge >= 0.3 is 0 Å². The molecule has 0 bridgehead atoms. The average Bonchev–Trinajstić information content (AvgIpc) is 4.13. The lowest BCUT2D eigenvalue weighted by atomic mass is 9.73. The highest BCUT2D eigenvalue weighted by atomic mass is 16.3. The van der Waals surface area contributed by atoms with Gasteiger partial charge in [-0.25, -0.2) is 4.98 Å². The van der Waals surface area contributed by atoms with Gasteiger partial charge in [-0.1, -0.05) is 117 Å². The van der Waals surface area contributed by atoms with E-state index in [9.17, 15) is 0 Å². The molecule has 6 heterocycles. The molecule has 1 aliphatic heterocycles. The van der Waals surface area contributed by atoms with E-state index < -0.39 is 0 Å². The minimum atomic E-state index is -0.127. The van der Waals surface area contributed by atoms with Crippen LogP contribution >= 0.6 is 0 Å². The van der Waals surface area contributed by atoms with Crippen LogP contribution in [0.15, 0.2) is 215 Å².